The summed E-state index contributed by atoms with van der Waals surface area (Å²) in [6.45, 7) is 2.14. The van der Waals surface area contributed by atoms with Crippen LogP contribution < -0.4 is 0 Å². The predicted molar refractivity (Wildman–Crippen MR) is 146 cm³/mol. The molecule has 3 atom stereocenters. The number of carboxylic acid groups (broad SMARTS) is 2. The zero-order valence-corrected chi connectivity index (χ0v) is 23.9. The van der Waals surface area contributed by atoms with Crippen LogP contribution in [-0.4, -0.2) is 52.4 Å². The monoisotopic (exact) mass is 607 g/mol. The molecule has 0 radical (unpaired) electrons. The molecule has 42 heavy (non-hydrogen) atoms. The van der Waals surface area contributed by atoms with E-state index in [0.717, 1.165) is 43.8 Å². The van der Waals surface area contributed by atoms with Crippen molar-refractivity contribution in [1.82, 2.24) is 4.90 Å². The van der Waals surface area contributed by atoms with Crippen LogP contribution in [0.15, 0.2) is 24.3 Å². The third kappa shape index (κ3) is 10.8. The fourth-order valence-corrected chi connectivity index (χ4v) is 7.13. The van der Waals surface area contributed by atoms with Gasteiger partial charge in [-0.3, -0.25) is 9.69 Å². The van der Waals surface area contributed by atoms with Crippen molar-refractivity contribution in [3.05, 3.63) is 35.4 Å². The Balaban J connectivity index is 0.000000616. The normalized spacial score (nSPS) is 24.3. The molecule has 0 spiro atoms. The van der Waals surface area contributed by atoms with Crippen LogP contribution in [0.3, 0.4) is 0 Å². The van der Waals surface area contributed by atoms with Crippen LogP contribution in [0, 0.1) is 17.8 Å². The lowest BCUT2D eigenvalue weighted by Gasteiger charge is -2.44. The molecule has 238 valence electrons. The fraction of sp³-hybridized carbons (Fsp3) is 0.742. The number of nitrogens with zero attached hydrogens (tertiary/aromatic N) is 1. The molecule has 0 saturated heterocycles. The van der Waals surface area contributed by atoms with E-state index in [2.05, 4.69) is 4.90 Å². The molecule has 0 heterocycles. The number of carboxylic acids is 2. The van der Waals surface area contributed by atoms with E-state index >= 15 is 0 Å². The van der Waals surface area contributed by atoms with Crippen molar-refractivity contribution in [3.63, 3.8) is 0 Å². The molecule has 11 heteroatoms. The molecule has 4 rings (SSSR count). The number of halogens is 6. The summed E-state index contributed by atoms with van der Waals surface area (Å²) in [7, 11) is 0. The first-order valence-electron chi connectivity index (χ1n) is 15.2. The quantitative estimate of drug-likeness (QED) is 0.275. The van der Waals surface area contributed by atoms with Gasteiger partial charge in [-0.15, -0.1) is 0 Å². The number of alkyl halides is 6. The van der Waals surface area contributed by atoms with Gasteiger partial charge in [0, 0.05) is 19.0 Å². The second-order valence-electron chi connectivity index (χ2n) is 12.3. The molecule has 0 amide bonds. The highest BCUT2D eigenvalue weighted by Crippen LogP contribution is 2.42. The van der Waals surface area contributed by atoms with Crippen molar-refractivity contribution < 1.29 is 46.1 Å². The summed E-state index contributed by atoms with van der Waals surface area (Å²) in [5.74, 6) is -1.85. The number of aliphatic carboxylic acids is 2. The summed E-state index contributed by atoms with van der Waals surface area (Å²) in [6.07, 6.45) is 6.32. The Labute approximate surface area is 243 Å². The SMILES string of the molecule is O=C(O)C(F)(F)F.O=C(O)C[C@@H]1CC[C@@H](N(CCC2CCCCC2)CC2CCCC2)[C@H](c2ccc(C(F)(F)F)cc2)C1. The average Bonchev–Trinajstić information content (AvgIpc) is 3.44. The highest BCUT2D eigenvalue weighted by Gasteiger charge is 2.39. The third-order valence-corrected chi connectivity index (χ3v) is 9.28. The minimum atomic E-state index is -5.08. The maximum Gasteiger partial charge on any atom is 0.490 e. The lowest BCUT2D eigenvalue weighted by Crippen LogP contribution is -2.46. The molecule has 3 aliphatic carbocycles. The van der Waals surface area contributed by atoms with Crippen molar-refractivity contribution >= 4 is 11.9 Å². The van der Waals surface area contributed by atoms with E-state index < -0.39 is 29.9 Å². The highest BCUT2D eigenvalue weighted by atomic mass is 19.4. The van der Waals surface area contributed by atoms with Gasteiger partial charge in [0.1, 0.15) is 0 Å². The van der Waals surface area contributed by atoms with Gasteiger partial charge in [0.25, 0.3) is 0 Å². The van der Waals surface area contributed by atoms with Crippen LogP contribution in [-0.2, 0) is 15.8 Å². The van der Waals surface area contributed by atoms with Gasteiger partial charge in [-0.2, -0.15) is 26.3 Å². The van der Waals surface area contributed by atoms with Crippen molar-refractivity contribution in [2.45, 2.75) is 114 Å². The molecule has 0 aromatic heterocycles. The molecule has 5 nitrogen and oxygen atoms in total. The van der Waals surface area contributed by atoms with E-state index in [4.69, 9.17) is 9.90 Å². The standard InChI is InChI=1S/C29H42F3NO2.C2HF3O2/c30-29(31,32)25-13-11-24(12-14-25)26-18-23(19-28(34)35)10-15-27(26)33(20-22-8-4-5-9-22)17-16-21-6-2-1-3-7-21;3-2(4,5)1(6)7/h11-14,21-23,26-27H,1-10,15-20H2,(H,34,35);(H,6,7)/t23-,26+,27-;/m1./s1. The molecule has 0 bridgehead atoms. The number of rotatable bonds is 9. The first-order chi connectivity index (χ1) is 19.7. The lowest BCUT2D eigenvalue weighted by atomic mass is 9.72. The second kappa shape index (κ2) is 15.4. The zero-order valence-electron chi connectivity index (χ0n) is 23.9. The maximum absolute atomic E-state index is 13.2. The van der Waals surface area contributed by atoms with Gasteiger partial charge in [-0.1, -0.05) is 57.1 Å². The summed E-state index contributed by atoms with van der Waals surface area (Å²) in [5.41, 5.74) is 0.322. The van der Waals surface area contributed by atoms with E-state index in [0.29, 0.717) is 5.92 Å². The average molecular weight is 608 g/mol. The first-order valence-corrected chi connectivity index (χ1v) is 15.2. The summed E-state index contributed by atoms with van der Waals surface area (Å²) in [4.78, 5) is 23.0. The summed E-state index contributed by atoms with van der Waals surface area (Å²) in [5, 5.41) is 16.5. The second-order valence-corrected chi connectivity index (χ2v) is 12.3. The van der Waals surface area contributed by atoms with Gasteiger partial charge in [0.15, 0.2) is 0 Å². The zero-order chi connectivity index (χ0) is 30.9. The van der Waals surface area contributed by atoms with E-state index in [1.807, 2.05) is 0 Å². The Morgan fingerprint density at radius 3 is 1.83 bits per heavy atom. The number of hydrogen-bond acceptors (Lipinski definition) is 3. The van der Waals surface area contributed by atoms with Crippen molar-refractivity contribution in [2.24, 2.45) is 17.8 Å². The minimum Gasteiger partial charge on any atom is -0.481 e. The fourth-order valence-electron chi connectivity index (χ4n) is 7.13. The Morgan fingerprint density at radius 1 is 0.762 bits per heavy atom. The van der Waals surface area contributed by atoms with Gasteiger partial charge in [0.2, 0.25) is 0 Å². The van der Waals surface area contributed by atoms with E-state index in [9.17, 15) is 36.2 Å². The smallest absolute Gasteiger partial charge is 0.481 e. The van der Waals surface area contributed by atoms with Gasteiger partial charge in [0.05, 0.1) is 5.56 Å². The van der Waals surface area contributed by atoms with Crippen LogP contribution in [0.1, 0.15) is 107 Å². The Kier molecular flexibility index (Phi) is 12.6. The van der Waals surface area contributed by atoms with Gasteiger partial charge >= 0.3 is 24.3 Å². The molecular formula is C31H43F6NO4. The first kappa shape index (κ1) is 34.2. The van der Waals surface area contributed by atoms with Crippen molar-refractivity contribution in [1.29, 1.82) is 0 Å². The van der Waals surface area contributed by atoms with Gasteiger partial charge in [-0.25, -0.2) is 4.79 Å². The van der Waals surface area contributed by atoms with Crippen LogP contribution in [0.25, 0.3) is 0 Å². The van der Waals surface area contributed by atoms with Crippen LogP contribution in [0.2, 0.25) is 0 Å². The molecule has 3 aliphatic rings. The molecule has 1 aromatic carbocycles. The number of benzene rings is 1. The lowest BCUT2D eigenvalue weighted by molar-refractivity contribution is -0.192. The molecule has 2 N–H and O–H groups in total. The maximum atomic E-state index is 13.2. The Bertz CT molecular complexity index is 985. The Hall–Kier alpha value is -2.30. The predicted octanol–water partition coefficient (Wildman–Crippen LogP) is 8.53. The van der Waals surface area contributed by atoms with Crippen molar-refractivity contribution in [3.8, 4) is 0 Å². The molecule has 0 aliphatic heterocycles. The molecule has 3 fully saturated rings. The summed E-state index contributed by atoms with van der Waals surface area (Å²) >= 11 is 0. The third-order valence-electron chi connectivity index (χ3n) is 9.28. The number of carbonyl (C=O) groups is 2. The summed E-state index contributed by atoms with van der Waals surface area (Å²) in [6, 6.07) is 5.99. The molecular weight excluding hydrogens is 564 g/mol. The highest BCUT2D eigenvalue weighted by molar-refractivity contribution is 5.73. The van der Waals surface area contributed by atoms with Gasteiger partial charge in [-0.05, 0) is 86.4 Å². The molecule has 3 saturated carbocycles. The van der Waals surface area contributed by atoms with Crippen LogP contribution >= 0.6 is 0 Å². The van der Waals surface area contributed by atoms with Gasteiger partial charge < -0.3 is 10.2 Å². The largest absolute Gasteiger partial charge is 0.490 e. The van der Waals surface area contributed by atoms with E-state index in [-0.39, 0.29) is 24.3 Å². The van der Waals surface area contributed by atoms with Crippen molar-refractivity contribution in [2.75, 3.05) is 13.1 Å². The van der Waals surface area contributed by atoms with E-state index in [1.54, 1.807) is 12.1 Å². The Morgan fingerprint density at radius 2 is 1.31 bits per heavy atom. The molecule has 1 aromatic rings. The minimum absolute atomic E-state index is 0.0858. The number of hydrogen-bond donors (Lipinski definition) is 2. The van der Waals surface area contributed by atoms with Crippen LogP contribution in [0.4, 0.5) is 26.3 Å². The van der Waals surface area contributed by atoms with Crippen LogP contribution in [0.5, 0.6) is 0 Å². The van der Waals surface area contributed by atoms with E-state index in [1.165, 1.54) is 76.3 Å². The molecule has 0 unspecified atom stereocenters. The topological polar surface area (TPSA) is 77.8 Å². The summed E-state index contributed by atoms with van der Waals surface area (Å²) < 4.78 is 71.3.